The van der Waals surface area contributed by atoms with Crippen molar-refractivity contribution in [3.05, 3.63) is 59.2 Å². The summed E-state index contributed by atoms with van der Waals surface area (Å²) in [6.45, 7) is 2.11. The summed E-state index contributed by atoms with van der Waals surface area (Å²) in [6.07, 6.45) is 0. The molecule has 0 saturated heterocycles. The van der Waals surface area contributed by atoms with Gasteiger partial charge in [-0.1, -0.05) is 29.8 Å². The molecular weight excluding hydrogens is 244 g/mol. The van der Waals surface area contributed by atoms with Crippen LogP contribution in [0.2, 0.25) is 0 Å². The van der Waals surface area contributed by atoms with Gasteiger partial charge in [0.25, 0.3) is 0 Å². The Hall–Kier alpha value is -2.49. The molecule has 19 heavy (non-hydrogen) atoms. The minimum atomic E-state index is -0.627. The predicted octanol–water partition coefficient (Wildman–Crippen LogP) is 2.76. The van der Waals surface area contributed by atoms with Gasteiger partial charge in [0.15, 0.2) is 0 Å². The summed E-state index contributed by atoms with van der Waals surface area (Å²) in [5, 5.41) is 18.7. The van der Waals surface area contributed by atoms with Gasteiger partial charge in [0, 0.05) is 6.07 Å². The number of benzene rings is 2. The SMILES string of the molecule is Cc1ccc(COC(=O)c2ccc(O)cc2O)cc1. The van der Waals surface area contributed by atoms with Gasteiger partial charge in [0.2, 0.25) is 0 Å². The van der Waals surface area contributed by atoms with E-state index in [4.69, 9.17) is 9.84 Å². The lowest BCUT2D eigenvalue weighted by Crippen LogP contribution is -2.05. The number of esters is 1. The van der Waals surface area contributed by atoms with Crippen LogP contribution in [0.1, 0.15) is 21.5 Å². The van der Waals surface area contributed by atoms with Crippen LogP contribution in [-0.2, 0) is 11.3 Å². The first kappa shape index (κ1) is 13.0. The molecule has 0 radical (unpaired) electrons. The van der Waals surface area contributed by atoms with Crippen molar-refractivity contribution in [2.45, 2.75) is 13.5 Å². The van der Waals surface area contributed by atoms with E-state index in [1.807, 2.05) is 31.2 Å². The van der Waals surface area contributed by atoms with E-state index in [-0.39, 0.29) is 23.7 Å². The molecule has 4 nitrogen and oxygen atoms in total. The smallest absolute Gasteiger partial charge is 0.342 e. The van der Waals surface area contributed by atoms with Crippen LogP contribution in [0.5, 0.6) is 11.5 Å². The second kappa shape index (κ2) is 5.44. The lowest BCUT2D eigenvalue weighted by atomic mass is 10.1. The van der Waals surface area contributed by atoms with Gasteiger partial charge < -0.3 is 14.9 Å². The van der Waals surface area contributed by atoms with Crippen molar-refractivity contribution in [1.82, 2.24) is 0 Å². The first-order chi connectivity index (χ1) is 9.06. The summed E-state index contributed by atoms with van der Waals surface area (Å²) in [5.41, 5.74) is 2.04. The minimum Gasteiger partial charge on any atom is -0.508 e. The van der Waals surface area contributed by atoms with Gasteiger partial charge in [-0.15, -0.1) is 0 Å². The molecule has 2 N–H and O–H groups in total. The highest BCUT2D eigenvalue weighted by atomic mass is 16.5. The third kappa shape index (κ3) is 3.25. The Morgan fingerprint density at radius 1 is 1.11 bits per heavy atom. The number of aryl methyl sites for hydroxylation is 1. The van der Waals surface area contributed by atoms with E-state index in [1.54, 1.807) is 0 Å². The molecule has 0 heterocycles. The summed E-state index contributed by atoms with van der Waals surface area (Å²) in [7, 11) is 0. The highest BCUT2D eigenvalue weighted by Gasteiger charge is 2.13. The van der Waals surface area contributed by atoms with Crippen molar-refractivity contribution in [3.63, 3.8) is 0 Å². The zero-order valence-electron chi connectivity index (χ0n) is 10.5. The largest absolute Gasteiger partial charge is 0.508 e. The summed E-state index contributed by atoms with van der Waals surface area (Å²) < 4.78 is 5.09. The van der Waals surface area contributed by atoms with Crippen LogP contribution < -0.4 is 0 Å². The molecule has 0 spiro atoms. The van der Waals surface area contributed by atoms with Gasteiger partial charge in [-0.05, 0) is 24.6 Å². The van der Waals surface area contributed by atoms with Crippen molar-refractivity contribution >= 4 is 5.97 Å². The van der Waals surface area contributed by atoms with E-state index in [1.165, 1.54) is 12.1 Å². The number of phenols is 2. The van der Waals surface area contributed by atoms with Crippen LogP contribution in [-0.4, -0.2) is 16.2 Å². The summed E-state index contributed by atoms with van der Waals surface area (Å²) in [4.78, 5) is 11.8. The van der Waals surface area contributed by atoms with Crippen LogP contribution in [0.25, 0.3) is 0 Å². The third-order valence-electron chi connectivity index (χ3n) is 2.69. The zero-order valence-corrected chi connectivity index (χ0v) is 10.5. The maximum absolute atomic E-state index is 11.8. The van der Waals surface area contributed by atoms with Gasteiger partial charge in [0.05, 0.1) is 0 Å². The molecule has 0 bridgehead atoms. The number of hydrogen-bond donors (Lipinski definition) is 2. The van der Waals surface area contributed by atoms with Crippen molar-refractivity contribution in [2.75, 3.05) is 0 Å². The standard InChI is InChI=1S/C15H14O4/c1-10-2-4-11(5-3-10)9-19-15(18)13-7-6-12(16)8-14(13)17/h2-8,16-17H,9H2,1H3. The Labute approximate surface area is 110 Å². The normalized spacial score (nSPS) is 10.2. The molecule has 0 aromatic heterocycles. The first-order valence-electron chi connectivity index (χ1n) is 5.81. The van der Waals surface area contributed by atoms with Gasteiger partial charge in [0.1, 0.15) is 23.7 Å². The van der Waals surface area contributed by atoms with Crippen molar-refractivity contribution in [3.8, 4) is 11.5 Å². The van der Waals surface area contributed by atoms with Crippen LogP contribution in [0.15, 0.2) is 42.5 Å². The zero-order chi connectivity index (χ0) is 13.8. The number of phenolic OH excluding ortho intramolecular Hbond substituents is 2. The lowest BCUT2D eigenvalue weighted by molar-refractivity contribution is 0.0469. The molecule has 0 fully saturated rings. The minimum absolute atomic E-state index is 0.0323. The number of aromatic hydroxyl groups is 2. The fourth-order valence-electron chi connectivity index (χ4n) is 1.60. The van der Waals surface area contributed by atoms with E-state index >= 15 is 0 Å². The molecule has 0 aliphatic rings. The maximum atomic E-state index is 11.8. The Balaban J connectivity index is 2.03. The summed E-state index contributed by atoms with van der Waals surface area (Å²) in [6, 6.07) is 11.4. The highest BCUT2D eigenvalue weighted by Crippen LogP contribution is 2.23. The van der Waals surface area contributed by atoms with E-state index in [0.717, 1.165) is 17.2 Å². The van der Waals surface area contributed by atoms with Crippen molar-refractivity contribution in [2.24, 2.45) is 0 Å². The Morgan fingerprint density at radius 2 is 1.79 bits per heavy atom. The quantitative estimate of drug-likeness (QED) is 0.831. The topological polar surface area (TPSA) is 66.8 Å². The Morgan fingerprint density at radius 3 is 2.42 bits per heavy atom. The number of rotatable bonds is 3. The van der Waals surface area contributed by atoms with Crippen LogP contribution in [0.4, 0.5) is 0 Å². The molecule has 2 aromatic carbocycles. The molecule has 0 atom stereocenters. The molecule has 4 heteroatoms. The number of hydrogen-bond acceptors (Lipinski definition) is 4. The van der Waals surface area contributed by atoms with Crippen LogP contribution >= 0.6 is 0 Å². The average Bonchev–Trinajstić information content (AvgIpc) is 2.37. The van der Waals surface area contributed by atoms with Gasteiger partial charge in [-0.25, -0.2) is 4.79 Å². The fraction of sp³-hybridized carbons (Fsp3) is 0.133. The van der Waals surface area contributed by atoms with Gasteiger partial charge in [-0.2, -0.15) is 0 Å². The van der Waals surface area contributed by atoms with Gasteiger partial charge >= 0.3 is 5.97 Å². The monoisotopic (exact) mass is 258 g/mol. The molecule has 0 aliphatic heterocycles. The summed E-state index contributed by atoms with van der Waals surface area (Å²) in [5.74, 6) is -1.03. The Bertz CT molecular complexity index is 588. The molecule has 98 valence electrons. The number of ether oxygens (including phenoxy) is 1. The lowest BCUT2D eigenvalue weighted by Gasteiger charge is -2.07. The second-order valence-corrected chi connectivity index (χ2v) is 4.26. The molecular formula is C15H14O4. The van der Waals surface area contributed by atoms with Crippen molar-refractivity contribution < 1.29 is 19.7 Å². The number of carbonyl (C=O) groups is 1. The van der Waals surface area contributed by atoms with Crippen molar-refractivity contribution in [1.29, 1.82) is 0 Å². The van der Waals surface area contributed by atoms with E-state index in [9.17, 15) is 9.90 Å². The van der Waals surface area contributed by atoms with Gasteiger partial charge in [-0.3, -0.25) is 0 Å². The number of carbonyl (C=O) groups excluding carboxylic acids is 1. The average molecular weight is 258 g/mol. The molecule has 0 amide bonds. The fourth-order valence-corrected chi connectivity index (χ4v) is 1.60. The molecule has 0 aliphatic carbocycles. The first-order valence-corrected chi connectivity index (χ1v) is 5.81. The molecule has 0 saturated carbocycles. The molecule has 0 unspecified atom stereocenters. The Kier molecular flexibility index (Phi) is 3.71. The molecule has 2 rings (SSSR count). The highest BCUT2D eigenvalue weighted by molar-refractivity contribution is 5.92. The van der Waals surface area contributed by atoms with E-state index in [2.05, 4.69) is 0 Å². The van der Waals surface area contributed by atoms with E-state index in [0.29, 0.717) is 0 Å². The molecule has 2 aromatic rings. The van der Waals surface area contributed by atoms with E-state index < -0.39 is 5.97 Å². The maximum Gasteiger partial charge on any atom is 0.342 e. The second-order valence-electron chi connectivity index (χ2n) is 4.26. The van der Waals surface area contributed by atoms with Crippen LogP contribution in [0, 0.1) is 6.92 Å². The predicted molar refractivity (Wildman–Crippen MR) is 70.1 cm³/mol. The summed E-state index contributed by atoms with van der Waals surface area (Å²) >= 11 is 0. The van der Waals surface area contributed by atoms with Crippen LogP contribution in [0.3, 0.4) is 0 Å². The third-order valence-corrected chi connectivity index (χ3v) is 2.69.